The van der Waals surface area contributed by atoms with Crippen LogP contribution < -0.4 is 4.74 Å². The molecule has 0 aliphatic carbocycles. The highest BCUT2D eigenvalue weighted by Crippen LogP contribution is 2.26. The molecule has 0 bridgehead atoms. The predicted molar refractivity (Wildman–Crippen MR) is 53.0 cm³/mol. The van der Waals surface area contributed by atoms with E-state index in [0.29, 0.717) is 3.57 Å². The zero-order valence-electron chi connectivity index (χ0n) is 7.18. The number of hydrogen-bond donors (Lipinski definition) is 0. The quantitative estimate of drug-likeness (QED) is 0.784. The van der Waals surface area contributed by atoms with Crippen LogP contribution in [0, 0.1) is 14.9 Å². The van der Waals surface area contributed by atoms with Crippen molar-refractivity contribution in [3.8, 4) is 11.8 Å². The van der Waals surface area contributed by atoms with E-state index >= 15 is 0 Å². The molecule has 0 unspecified atom stereocenters. The summed E-state index contributed by atoms with van der Waals surface area (Å²) < 4.78 is 40.1. The highest BCUT2D eigenvalue weighted by Gasteiger charge is 2.32. The fraction of sp³-hybridized carbons (Fsp3) is 0.250. The van der Waals surface area contributed by atoms with Crippen molar-refractivity contribution < 1.29 is 17.9 Å². The first-order valence-corrected chi connectivity index (χ1v) is 4.77. The summed E-state index contributed by atoms with van der Waals surface area (Å²) in [5, 5.41) is 8.38. The molecule has 0 saturated heterocycles. The van der Waals surface area contributed by atoms with Crippen molar-refractivity contribution in [3.05, 3.63) is 21.5 Å². The highest BCUT2D eigenvalue weighted by atomic mass is 127. The van der Waals surface area contributed by atoms with Crippen LogP contribution in [0.2, 0.25) is 0 Å². The molecule has 0 aliphatic heterocycles. The van der Waals surface area contributed by atoms with Gasteiger partial charge in [-0.25, -0.2) is 0 Å². The Balaban J connectivity index is 3.03. The van der Waals surface area contributed by atoms with Gasteiger partial charge in [0.05, 0.1) is 18.2 Å². The Morgan fingerprint density at radius 1 is 1.53 bits per heavy atom. The molecule has 1 aromatic heterocycles. The molecule has 80 valence electrons. The van der Waals surface area contributed by atoms with Gasteiger partial charge in [-0.1, -0.05) is 0 Å². The number of aromatic nitrogens is 1. The second kappa shape index (κ2) is 4.65. The zero-order valence-corrected chi connectivity index (χ0v) is 9.33. The van der Waals surface area contributed by atoms with Crippen LogP contribution in [0.4, 0.5) is 13.2 Å². The third-order valence-corrected chi connectivity index (χ3v) is 1.96. The van der Waals surface area contributed by atoms with Gasteiger partial charge in [-0.15, -0.1) is 13.2 Å². The number of nitriles is 1. The summed E-state index contributed by atoms with van der Waals surface area (Å²) in [6.07, 6.45) is -3.62. The summed E-state index contributed by atoms with van der Waals surface area (Å²) in [4.78, 5) is 3.70. The lowest BCUT2D eigenvalue weighted by Gasteiger charge is -2.11. The summed E-state index contributed by atoms with van der Waals surface area (Å²) in [7, 11) is 0. The van der Waals surface area contributed by atoms with Crippen molar-refractivity contribution in [2.75, 3.05) is 0 Å². The Morgan fingerprint density at radius 3 is 2.73 bits per heavy atom. The van der Waals surface area contributed by atoms with E-state index in [4.69, 9.17) is 5.26 Å². The van der Waals surface area contributed by atoms with Gasteiger partial charge in [-0.05, 0) is 28.7 Å². The molecule has 1 heterocycles. The Morgan fingerprint density at radius 2 is 2.20 bits per heavy atom. The van der Waals surface area contributed by atoms with E-state index in [1.54, 1.807) is 6.07 Å². The van der Waals surface area contributed by atoms with E-state index in [-0.39, 0.29) is 12.1 Å². The molecule has 0 N–H and O–H groups in total. The summed E-state index contributed by atoms with van der Waals surface area (Å²) >= 11 is 1.81. The van der Waals surface area contributed by atoms with Crippen molar-refractivity contribution in [3.63, 3.8) is 0 Å². The maximum absolute atomic E-state index is 12.0. The molecule has 3 nitrogen and oxygen atoms in total. The van der Waals surface area contributed by atoms with Crippen LogP contribution in [0.25, 0.3) is 0 Å². The van der Waals surface area contributed by atoms with E-state index in [1.807, 2.05) is 22.6 Å². The zero-order chi connectivity index (χ0) is 11.5. The van der Waals surface area contributed by atoms with Gasteiger partial charge < -0.3 is 4.74 Å². The number of nitrogens with zero attached hydrogens (tertiary/aromatic N) is 2. The van der Waals surface area contributed by atoms with Gasteiger partial charge in [0.1, 0.15) is 0 Å². The van der Waals surface area contributed by atoms with Crippen LogP contribution in [-0.2, 0) is 6.42 Å². The fourth-order valence-corrected chi connectivity index (χ4v) is 1.29. The number of alkyl halides is 3. The fourth-order valence-electron chi connectivity index (χ4n) is 0.870. The molecule has 0 aromatic carbocycles. The normalized spacial score (nSPS) is 10.9. The largest absolute Gasteiger partial charge is 0.573 e. The summed E-state index contributed by atoms with van der Waals surface area (Å²) in [6.45, 7) is 0. The van der Waals surface area contributed by atoms with E-state index in [9.17, 15) is 13.2 Å². The lowest BCUT2D eigenvalue weighted by atomic mass is 10.2. The highest BCUT2D eigenvalue weighted by molar-refractivity contribution is 14.1. The third-order valence-electron chi connectivity index (χ3n) is 1.37. The average molecular weight is 328 g/mol. The van der Waals surface area contributed by atoms with Gasteiger partial charge in [0.15, 0.2) is 5.75 Å². The first kappa shape index (κ1) is 12.0. The minimum Gasteiger partial charge on any atom is -0.404 e. The van der Waals surface area contributed by atoms with Crippen molar-refractivity contribution >= 4 is 22.6 Å². The lowest BCUT2D eigenvalue weighted by Crippen LogP contribution is -2.18. The lowest BCUT2D eigenvalue weighted by molar-refractivity contribution is -0.275. The summed E-state index contributed by atoms with van der Waals surface area (Å²) in [5.41, 5.74) is -0.0183. The van der Waals surface area contributed by atoms with Crippen LogP contribution in [0.15, 0.2) is 12.3 Å². The van der Waals surface area contributed by atoms with Crippen molar-refractivity contribution in [2.45, 2.75) is 12.8 Å². The Bertz CT molecular complexity index is 400. The number of halogens is 4. The molecule has 15 heavy (non-hydrogen) atoms. The van der Waals surface area contributed by atoms with E-state index in [1.165, 1.54) is 12.3 Å². The summed E-state index contributed by atoms with van der Waals surface area (Å²) in [6, 6.07) is 2.91. The second-order valence-corrected chi connectivity index (χ2v) is 3.73. The van der Waals surface area contributed by atoms with E-state index in [2.05, 4.69) is 9.72 Å². The number of pyridine rings is 1. The van der Waals surface area contributed by atoms with Gasteiger partial charge in [0, 0.05) is 9.77 Å². The van der Waals surface area contributed by atoms with Gasteiger partial charge in [0.2, 0.25) is 0 Å². The molecular formula is C8H4F3IN2O. The maximum atomic E-state index is 12.0. The van der Waals surface area contributed by atoms with E-state index in [0.717, 1.165) is 0 Å². The van der Waals surface area contributed by atoms with Gasteiger partial charge in [0.25, 0.3) is 0 Å². The van der Waals surface area contributed by atoms with Crippen LogP contribution in [0.1, 0.15) is 5.69 Å². The van der Waals surface area contributed by atoms with Gasteiger partial charge >= 0.3 is 6.36 Å². The standard InChI is InChI=1S/C8H4F3IN2O/c9-8(10,11)15-7-3-5(12)4-14-6(7)1-2-13/h3-4H,1H2. The number of rotatable bonds is 2. The first-order chi connectivity index (χ1) is 6.92. The third kappa shape index (κ3) is 3.91. The molecule has 0 fully saturated rings. The number of ether oxygens (including phenoxy) is 1. The molecule has 1 rings (SSSR count). The van der Waals surface area contributed by atoms with Crippen molar-refractivity contribution in [1.29, 1.82) is 5.26 Å². The summed E-state index contributed by atoms with van der Waals surface area (Å²) in [5.74, 6) is -0.420. The molecule has 0 amide bonds. The minimum atomic E-state index is -4.77. The molecule has 0 spiro atoms. The Labute approximate surface area is 97.0 Å². The van der Waals surface area contributed by atoms with Crippen LogP contribution in [-0.4, -0.2) is 11.3 Å². The van der Waals surface area contributed by atoms with Crippen molar-refractivity contribution in [2.24, 2.45) is 0 Å². The maximum Gasteiger partial charge on any atom is 0.573 e. The molecule has 0 radical (unpaired) electrons. The molecule has 0 saturated carbocycles. The molecule has 0 atom stereocenters. The van der Waals surface area contributed by atoms with E-state index < -0.39 is 12.1 Å². The van der Waals surface area contributed by atoms with Gasteiger partial charge in [-0.3, -0.25) is 4.98 Å². The van der Waals surface area contributed by atoms with Gasteiger partial charge in [-0.2, -0.15) is 5.26 Å². The molecule has 0 aliphatic rings. The molecule has 1 aromatic rings. The Hall–Kier alpha value is -1.04. The average Bonchev–Trinajstić information content (AvgIpc) is 2.07. The smallest absolute Gasteiger partial charge is 0.404 e. The second-order valence-electron chi connectivity index (χ2n) is 2.48. The van der Waals surface area contributed by atoms with Crippen LogP contribution in [0.5, 0.6) is 5.75 Å². The van der Waals surface area contributed by atoms with Crippen LogP contribution >= 0.6 is 22.6 Å². The molecule has 7 heteroatoms. The topological polar surface area (TPSA) is 45.9 Å². The first-order valence-electron chi connectivity index (χ1n) is 3.69. The SMILES string of the molecule is N#CCc1ncc(I)cc1OC(F)(F)F. The number of hydrogen-bond acceptors (Lipinski definition) is 3. The predicted octanol–water partition coefficient (Wildman–Crippen LogP) is 2.65. The monoisotopic (exact) mass is 328 g/mol. The van der Waals surface area contributed by atoms with Crippen LogP contribution in [0.3, 0.4) is 0 Å². The van der Waals surface area contributed by atoms with Crippen molar-refractivity contribution in [1.82, 2.24) is 4.98 Å². The Kier molecular flexibility index (Phi) is 3.73. The minimum absolute atomic E-state index is 0.0183. The molecular weight excluding hydrogens is 324 g/mol.